The summed E-state index contributed by atoms with van der Waals surface area (Å²) in [5, 5.41) is 23.4. The first-order chi connectivity index (χ1) is 19.3. The molecule has 0 fully saturated rings. The topological polar surface area (TPSA) is 137 Å². The van der Waals surface area contributed by atoms with Crippen LogP contribution in [0.5, 0.6) is 5.75 Å². The third kappa shape index (κ3) is 7.92. The van der Waals surface area contributed by atoms with Gasteiger partial charge in [-0.3, -0.25) is 10.1 Å². The van der Waals surface area contributed by atoms with Crippen molar-refractivity contribution in [3.05, 3.63) is 92.3 Å². The van der Waals surface area contributed by atoms with Crippen LogP contribution in [-0.2, 0) is 25.5 Å². The molecule has 214 valence electrons. The van der Waals surface area contributed by atoms with Gasteiger partial charge in [0.25, 0.3) is 5.69 Å². The fourth-order valence-electron chi connectivity index (χ4n) is 4.58. The summed E-state index contributed by atoms with van der Waals surface area (Å²) >= 11 is 0. The highest BCUT2D eigenvalue weighted by Gasteiger charge is 2.38. The van der Waals surface area contributed by atoms with Gasteiger partial charge >= 0.3 is 11.9 Å². The van der Waals surface area contributed by atoms with E-state index in [0.717, 1.165) is 19.3 Å². The van der Waals surface area contributed by atoms with E-state index in [9.17, 15) is 19.7 Å². The lowest BCUT2D eigenvalue weighted by atomic mass is 9.80. The molecule has 0 radical (unpaired) electrons. The maximum atomic E-state index is 13.3. The molecule has 3 rings (SSSR count). The molecule has 2 aromatic rings. The number of esters is 2. The van der Waals surface area contributed by atoms with E-state index in [-0.39, 0.29) is 36.7 Å². The molecule has 2 N–H and O–H groups in total. The Morgan fingerprint density at radius 3 is 2.25 bits per heavy atom. The van der Waals surface area contributed by atoms with Crippen LogP contribution >= 0.6 is 0 Å². The highest BCUT2D eigenvalue weighted by atomic mass is 16.6. The van der Waals surface area contributed by atoms with Gasteiger partial charge in [-0.25, -0.2) is 9.59 Å². The van der Waals surface area contributed by atoms with Gasteiger partial charge in [-0.15, -0.1) is 0 Å². The van der Waals surface area contributed by atoms with E-state index >= 15 is 0 Å². The average Bonchev–Trinajstić information content (AvgIpc) is 2.93. The van der Waals surface area contributed by atoms with Gasteiger partial charge in [0.1, 0.15) is 5.75 Å². The molecule has 2 aromatic carbocycles. The minimum absolute atomic E-state index is 0.0773. The molecule has 10 heteroatoms. The third-order valence-corrected chi connectivity index (χ3v) is 6.48. The third-order valence-electron chi connectivity index (χ3n) is 6.48. The number of aliphatic hydroxyl groups is 1. The van der Waals surface area contributed by atoms with Crippen molar-refractivity contribution in [2.24, 2.45) is 0 Å². The normalized spacial score (nSPS) is 14.9. The number of nitro benzene ring substituents is 1. The van der Waals surface area contributed by atoms with E-state index in [1.165, 1.54) is 23.8 Å². The number of non-ortho nitro benzene ring substituents is 1. The Hall–Kier alpha value is -4.18. The first-order valence-corrected chi connectivity index (χ1v) is 13.4. The summed E-state index contributed by atoms with van der Waals surface area (Å²) in [7, 11) is 0. The number of nitrogens with zero attached hydrogens (tertiary/aromatic N) is 1. The molecule has 0 saturated carbocycles. The van der Waals surface area contributed by atoms with Crippen LogP contribution in [0.25, 0.3) is 0 Å². The number of hydrogen-bond donors (Lipinski definition) is 2. The molecule has 0 amide bonds. The van der Waals surface area contributed by atoms with Gasteiger partial charge in [-0.2, -0.15) is 0 Å². The zero-order chi connectivity index (χ0) is 29.1. The summed E-state index contributed by atoms with van der Waals surface area (Å²) in [6, 6.07) is 13.6. The molecule has 1 aliphatic heterocycles. The number of hydrogen-bond acceptors (Lipinski definition) is 9. The van der Waals surface area contributed by atoms with E-state index < -0.39 is 22.8 Å². The van der Waals surface area contributed by atoms with Crippen molar-refractivity contribution in [3.8, 4) is 5.75 Å². The number of carbonyl (C=O) groups is 2. The molecule has 1 heterocycles. The van der Waals surface area contributed by atoms with Crippen LogP contribution < -0.4 is 10.1 Å². The van der Waals surface area contributed by atoms with Crippen molar-refractivity contribution in [2.45, 2.75) is 52.4 Å². The number of aliphatic hydroxyl groups excluding tert-OH is 1. The van der Waals surface area contributed by atoms with Crippen LogP contribution in [0.1, 0.15) is 57.1 Å². The maximum Gasteiger partial charge on any atom is 0.336 e. The molecule has 10 nitrogen and oxygen atoms in total. The molecule has 1 unspecified atom stereocenters. The lowest BCUT2D eigenvalue weighted by molar-refractivity contribution is -0.384. The number of unbranched alkanes of at least 4 members (excludes halogenated alkanes) is 1. The highest BCUT2D eigenvalue weighted by Crippen LogP contribution is 2.40. The Morgan fingerprint density at radius 1 is 0.950 bits per heavy atom. The minimum Gasteiger partial charge on any atom is -0.493 e. The number of allylic oxidation sites excluding steroid dienone is 2. The first kappa shape index (κ1) is 30.4. The van der Waals surface area contributed by atoms with E-state index in [1.807, 2.05) is 24.3 Å². The van der Waals surface area contributed by atoms with Crippen LogP contribution in [0.4, 0.5) is 5.69 Å². The zero-order valence-corrected chi connectivity index (χ0v) is 23.1. The quantitative estimate of drug-likeness (QED) is 0.148. The molecule has 0 aliphatic carbocycles. The highest BCUT2D eigenvalue weighted by molar-refractivity contribution is 6.00. The fraction of sp³-hybridized carbons (Fsp3) is 0.400. The number of benzene rings is 2. The number of dihydropyridines is 1. The number of rotatable bonds is 14. The lowest BCUT2D eigenvalue weighted by Gasteiger charge is -2.30. The molecule has 1 aliphatic rings. The van der Waals surface area contributed by atoms with Gasteiger partial charge in [0, 0.05) is 36.6 Å². The molecule has 0 spiro atoms. The average molecular weight is 553 g/mol. The van der Waals surface area contributed by atoms with Crippen LogP contribution in [0.3, 0.4) is 0 Å². The van der Waals surface area contributed by atoms with Gasteiger partial charge in [0.2, 0.25) is 0 Å². The van der Waals surface area contributed by atoms with Gasteiger partial charge in [0.05, 0.1) is 41.8 Å². The van der Waals surface area contributed by atoms with Crippen molar-refractivity contribution in [2.75, 3.05) is 26.4 Å². The van der Waals surface area contributed by atoms with Crippen molar-refractivity contribution in [1.29, 1.82) is 0 Å². The van der Waals surface area contributed by atoms with Gasteiger partial charge in [0.15, 0.2) is 0 Å². The largest absolute Gasteiger partial charge is 0.493 e. The summed E-state index contributed by atoms with van der Waals surface area (Å²) in [4.78, 5) is 37.2. The number of nitro groups is 1. The SMILES string of the molecule is CCOC(=O)C1=C(C)NC(C)=C(C(=O)OCCCOc2ccc(CCCCO)cc2)C1c1cccc([N+](=O)[O-])c1. The molecular weight excluding hydrogens is 516 g/mol. The predicted molar refractivity (Wildman–Crippen MR) is 149 cm³/mol. The standard InChI is InChI=1S/C30H36N2O8/c1-4-38-29(34)26-20(2)31-21(3)27(28(26)23-10-7-11-24(19-23)32(36)37)30(35)40-18-8-17-39-25-14-12-22(13-15-25)9-5-6-16-33/h7,10-15,19,28,31,33H,4-6,8-9,16-18H2,1-3H3. The Morgan fingerprint density at radius 2 is 1.62 bits per heavy atom. The molecule has 40 heavy (non-hydrogen) atoms. The second kappa shape index (κ2) is 14.8. The number of nitrogens with one attached hydrogen (secondary N) is 1. The van der Waals surface area contributed by atoms with Crippen LogP contribution in [0, 0.1) is 10.1 Å². The van der Waals surface area contributed by atoms with E-state index in [2.05, 4.69) is 5.32 Å². The Balaban J connectivity index is 1.69. The monoisotopic (exact) mass is 552 g/mol. The van der Waals surface area contributed by atoms with Gasteiger partial charge in [-0.05, 0) is 63.3 Å². The maximum absolute atomic E-state index is 13.3. The van der Waals surface area contributed by atoms with Crippen molar-refractivity contribution in [3.63, 3.8) is 0 Å². The lowest BCUT2D eigenvalue weighted by Crippen LogP contribution is -2.32. The van der Waals surface area contributed by atoms with Gasteiger partial charge < -0.3 is 24.6 Å². The molecule has 0 bridgehead atoms. The number of aryl methyl sites for hydroxylation is 1. The zero-order valence-electron chi connectivity index (χ0n) is 23.1. The first-order valence-electron chi connectivity index (χ1n) is 13.4. The van der Waals surface area contributed by atoms with Gasteiger partial charge in [-0.1, -0.05) is 24.3 Å². The molecule has 0 saturated heterocycles. The van der Waals surface area contributed by atoms with Crippen LogP contribution in [0.2, 0.25) is 0 Å². The summed E-state index contributed by atoms with van der Waals surface area (Å²) in [5.41, 5.74) is 2.79. The van der Waals surface area contributed by atoms with Crippen LogP contribution in [-0.4, -0.2) is 48.4 Å². The summed E-state index contributed by atoms with van der Waals surface area (Å²) in [5.74, 6) is -1.45. The van der Waals surface area contributed by atoms with E-state index in [4.69, 9.17) is 19.3 Å². The predicted octanol–water partition coefficient (Wildman–Crippen LogP) is 4.72. The second-order valence-electron chi connectivity index (χ2n) is 9.37. The van der Waals surface area contributed by atoms with E-state index in [0.29, 0.717) is 35.7 Å². The number of ether oxygens (including phenoxy) is 3. The molecule has 1 atom stereocenters. The Bertz CT molecular complexity index is 1270. The summed E-state index contributed by atoms with van der Waals surface area (Å²) in [6.07, 6.45) is 3.03. The van der Waals surface area contributed by atoms with Crippen molar-refractivity contribution in [1.82, 2.24) is 5.32 Å². The fourth-order valence-corrected chi connectivity index (χ4v) is 4.58. The smallest absolute Gasteiger partial charge is 0.336 e. The summed E-state index contributed by atoms with van der Waals surface area (Å²) < 4.78 is 16.6. The van der Waals surface area contributed by atoms with E-state index in [1.54, 1.807) is 26.8 Å². The van der Waals surface area contributed by atoms with Crippen molar-refractivity contribution >= 4 is 17.6 Å². The minimum atomic E-state index is -0.903. The Kier molecular flexibility index (Phi) is 11.3. The number of carbonyl (C=O) groups excluding carboxylic acids is 2. The van der Waals surface area contributed by atoms with Crippen molar-refractivity contribution < 1.29 is 33.8 Å². The molecular formula is C30H36N2O8. The summed E-state index contributed by atoms with van der Waals surface area (Å²) in [6.45, 7) is 5.80. The second-order valence-corrected chi connectivity index (χ2v) is 9.37. The van der Waals surface area contributed by atoms with Crippen LogP contribution in [0.15, 0.2) is 71.1 Å². The Labute approximate surface area is 233 Å². The molecule has 0 aromatic heterocycles.